The fraction of sp³-hybridized carbons (Fsp3) is 0.417. The molecule has 32 heavy (non-hydrogen) atoms. The molecule has 1 aliphatic heterocycles. The van der Waals surface area contributed by atoms with Gasteiger partial charge in [-0.3, -0.25) is 4.79 Å². The van der Waals surface area contributed by atoms with Crippen LogP contribution in [0.1, 0.15) is 48.5 Å². The highest BCUT2D eigenvalue weighted by molar-refractivity contribution is 7.89. The SMILES string of the molecule is CC(CCc1ccccc1)NC(=O)COC(=O)c1cccc(S(=O)(=O)N2CCCCC2)c1. The summed E-state index contributed by atoms with van der Waals surface area (Å²) in [6, 6.07) is 15.7. The molecule has 1 atom stereocenters. The third kappa shape index (κ3) is 6.64. The molecule has 2 aromatic carbocycles. The van der Waals surface area contributed by atoms with Crippen molar-refractivity contribution in [3.63, 3.8) is 0 Å². The molecule has 1 N–H and O–H groups in total. The Bertz CT molecular complexity index is 1020. The van der Waals surface area contributed by atoms with Crippen molar-refractivity contribution >= 4 is 21.9 Å². The topological polar surface area (TPSA) is 92.8 Å². The molecule has 1 fully saturated rings. The third-order valence-electron chi connectivity index (χ3n) is 5.47. The van der Waals surface area contributed by atoms with Crippen LogP contribution in [0.15, 0.2) is 59.5 Å². The molecule has 0 saturated carbocycles. The molecule has 2 aromatic rings. The predicted octanol–water partition coefficient (Wildman–Crippen LogP) is 3.16. The highest BCUT2D eigenvalue weighted by atomic mass is 32.2. The summed E-state index contributed by atoms with van der Waals surface area (Å²) in [6.45, 7) is 2.45. The minimum atomic E-state index is -3.65. The van der Waals surface area contributed by atoms with Crippen LogP contribution in [-0.2, 0) is 26.0 Å². The van der Waals surface area contributed by atoms with E-state index in [0.717, 1.165) is 32.1 Å². The van der Waals surface area contributed by atoms with Crippen molar-refractivity contribution in [2.24, 2.45) is 0 Å². The molecule has 1 saturated heterocycles. The first-order valence-electron chi connectivity index (χ1n) is 11.0. The molecule has 1 heterocycles. The molecule has 0 spiro atoms. The molecule has 0 aliphatic carbocycles. The highest BCUT2D eigenvalue weighted by Crippen LogP contribution is 2.21. The number of carbonyl (C=O) groups excluding carboxylic acids is 2. The van der Waals surface area contributed by atoms with Crippen molar-refractivity contribution in [1.29, 1.82) is 0 Å². The first-order valence-corrected chi connectivity index (χ1v) is 12.4. The van der Waals surface area contributed by atoms with Crippen LogP contribution in [0.2, 0.25) is 0 Å². The lowest BCUT2D eigenvalue weighted by atomic mass is 10.1. The van der Waals surface area contributed by atoms with E-state index in [1.807, 2.05) is 37.3 Å². The Morgan fingerprint density at radius 3 is 2.47 bits per heavy atom. The molecule has 1 aliphatic rings. The van der Waals surface area contributed by atoms with Crippen LogP contribution in [0.25, 0.3) is 0 Å². The van der Waals surface area contributed by atoms with Crippen molar-refractivity contribution in [1.82, 2.24) is 9.62 Å². The normalized spacial score (nSPS) is 15.7. The quantitative estimate of drug-likeness (QED) is 0.583. The summed E-state index contributed by atoms with van der Waals surface area (Å²) in [5.41, 5.74) is 1.30. The Kier molecular flexibility index (Phi) is 8.41. The van der Waals surface area contributed by atoms with Gasteiger partial charge in [0.2, 0.25) is 10.0 Å². The zero-order valence-corrected chi connectivity index (χ0v) is 19.1. The number of nitrogens with one attached hydrogen (secondary N) is 1. The number of aryl methyl sites for hydroxylation is 1. The zero-order chi connectivity index (χ0) is 23.0. The number of nitrogens with zero attached hydrogens (tertiary/aromatic N) is 1. The average molecular weight is 459 g/mol. The molecule has 0 aromatic heterocycles. The summed E-state index contributed by atoms with van der Waals surface area (Å²) in [7, 11) is -3.65. The van der Waals surface area contributed by atoms with E-state index >= 15 is 0 Å². The van der Waals surface area contributed by atoms with Crippen LogP contribution in [0.5, 0.6) is 0 Å². The molecule has 1 unspecified atom stereocenters. The largest absolute Gasteiger partial charge is 0.452 e. The number of carbonyl (C=O) groups is 2. The zero-order valence-electron chi connectivity index (χ0n) is 18.3. The Morgan fingerprint density at radius 1 is 1.03 bits per heavy atom. The van der Waals surface area contributed by atoms with Crippen LogP contribution >= 0.6 is 0 Å². The van der Waals surface area contributed by atoms with Gasteiger partial charge in [-0.1, -0.05) is 42.8 Å². The summed E-state index contributed by atoms with van der Waals surface area (Å²) in [5.74, 6) is -1.12. The second-order valence-corrected chi connectivity index (χ2v) is 10.00. The van der Waals surface area contributed by atoms with Gasteiger partial charge in [0.05, 0.1) is 10.5 Å². The third-order valence-corrected chi connectivity index (χ3v) is 7.37. The Morgan fingerprint density at radius 2 is 1.75 bits per heavy atom. The minimum absolute atomic E-state index is 0.0628. The maximum absolute atomic E-state index is 12.8. The summed E-state index contributed by atoms with van der Waals surface area (Å²) in [4.78, 5) is 24.6. The van der Waals surface area contributed by atoms with Gasteiger partial charge in [-0.05, 0) is 56.4 Å². The van der Waals surface area contributed by atoms with E-state index in [4.69, 9.17) is 4.74 Å². The first-order chi connectivity index (χ1) is 15.4. The number of ether oxygens (including phenoxy) is 1. The molecular weight excluding hydrogens is 428 g/mol. The van der Waals surface area contributed by atoms with Crippen LogP contribution in [0.3, 0.4) is 0 Å². The van der Waals surface area contributed by atoms with Crippen molar-refractivity contribution < 1.29 is 22.7 Å². The van der Waals surface area contributed by atoms with Gasteiger partial charge in [-0.2, -0.15) is 4.31 Å². The van der Waals surface area contributed by atoms with Gasteiger partial charge >= 0.3 is 5.97 Å². The fourth-order valence-electron chi connectivity index (χ4n) is 3.67. The number of rotatable bonds is 9. The Hall–Kier alpha value is -2.71. The number of piperidine rings is 1. The van der Waals surface area contributed by atoms with E-state index in [9.17, 15) is 18.0 Å². The van der Waals surface area contributed by atoms with Gasteiger partial charge in [0, 0.05) is 19.1 Å². The average Bonchev–Trinajstić information content (AvgIpc) is 2.82. The maximum Gasteiger partial charge on any atom is 0.338 e. The Balaban J connectivity index is 1.50. The number of benzene rings is 2. The molecule has 172 valence electrons. The Labute approximate surface area is 189 Å². The van der Waals surface area contributed by atoms with E-state index < -0.39 is 28.5 Å². The van der Waals surface area contributed by atoms with Gasteiger partial charge < -0.3 is 10.1 Å². The van der Waals surface area contributed by atoms with Crippen molar-refractivity contribution in [3.05, 3.63) is 65.7 Å². The van der Waals surface area contributed by atoms with Crippen molar-refractivity contribution in [2.75, 3.05) is 19.7 Å². The number of amides is 1. The van der Waals surface area contributed by atoms with E-state index in [0.29, 0.717) is 13.1 Å². The number of hydrogen-bond donors (Lipinski definition) is 1. The second kappa shape index (κ2) is 11.2. The van der Waals surface area contributed by atoms with Crippen LogP contribution < -0.4 is 5.32 Å². The minimum Gasteiger partial charge on any atom is -0.452 e. The first kappa shape index (κ1) is 23.9. The second-order valence-electron chi connectivity index (χ2n) is 8.06. The predicted molar refractivity (Wildman–Crippen MR) is 122 cm³/mol. The molecular formula is C24H30N2O5S. The fourth-order valence-corrected chi connectivity index (χ4v) is 5.23. The van der Waals surface area contributed by atoms with Gasteiger partial charge in [0.15, 0.2) is 6.61 Å². The number of hydrogen-bond acceptors (Lipinski definition) is 5. The monoisotopic (exact) mass is 458 g/mol. The van der Waals surface area contributed by atoms with Crippen molar-refractivity contribution in [3.8, 4) is 0 Å². The van der Waals surface area contributed by atoms with E-state index in [-0.39, 0.29) is 16.5 Å². The lowest BCUT2D eigenvalue weighted by Crippen LogP contribution is -2.36. The smallest absolute Gasteiger partial charge is 0.338 e. The van der Waals surface area contributed by atoms with E-state index in [1.54, 1.807) is 0 Å². The molecule has 3 rings (SSSR count). The van der Waals surface area contributed by atoms with Gasteiger partial charge in [0.25, 0.3) is 5.91 Å². The molecule has 0 radical (unpaired) electrons. The van der Waals surface area contributed by atoms with Crippen LogP contribution in [0.4, 0.5) is 0 Å². The molecule has 8 heteroatoms. The van der Waals surface area contributed by atoms with Gasteiger partial charge in [-0.25, -0.2) is 13.2 Å². The maximum atomic E-state index is 12.8. The number of esters is 1. The van der Waals surface area contributed by atoms with Gasteiger partial charge in [0.1, 0.15) is 0 Å². The van der Waals surface area contributed by atoms with Crippen LogP contribution in [0, 0.1) is 0 Å². The molecule has 7 nitrogen and oxygen atoms in total. The molecule has 1 amide bonds. The summed E-state index contributed by atoms with van der Waals surface area (Å²) >= 11 is 0. The lowest BCUT2D eigenvalue weighted by molar-refractivity contribution is -0.124. The van der Waals surface area contributed by atoms with Gasteiger partial charge in [-0.15, -0.1) is 0 Å². The highest BCUT2D eigenvalue weighted by Gasteiger charge is 2.26. The summed E-state index contributed by atoms with van der Waals surface area (Å²) < 4.78 is 32.2. The van der Waals surface area contributed by atoms with E-state index in [1.165, 1.54) is 34.1 Å². The van der Waals surface area contributed by atoms with E-state index in [2.05, 4.69) is 5.32 Å². The molecule has 0 bridgehead atoms. The number of sulfonamides is 1. The summed E-state index contributed by atoms with van der Waals surface area (Å²) in [6.07, 6.45) is 4.28. The standard InChI is InChI=1S/C24H30N2O5S/c1-19(13-14-20-9-4-2-5-10-20)25-23(27)18-31-24(28)21-11-8-12-22(17-21)32(29,30)26-15-6-3-7-16-26/h2,4-5,8-12,17,19H,3,6-7,13-16,18H2,1H3,(H,25,27). The summed E-state index contributed by atoms with van der Waals surface area (Å²) in [5, 5.41) is 2.82. The van der Waals surface area contributed by atoms with Crippen LogP contribution in [-0.4, -0.2) is 50.3 Å². The lowest BCUT2D eigenvalue weighted by Gasteiger charge is -2.25. The van der Waals surface area contributed by atoms with Crippen molar-refractivity contribution in [2.45, 2.75) is 50.0 Å².